The number of hydrogen-bond donors (Lipinski definition) is 1. The van der Waals surface area contributed by atoms with E-state index in [2.05, 4.69) is 5.32 Å². The van der Waals surface area contributed by atoms with Crippen LogP contribution in [0, 0.1) is 11.3 Å². The van der Waals surface area contributed by atoms with E-state index < -0.39 is 33.2 Å². The highest BCUT2D eigenvalue weighted by Crippen LogP contribution is 2.31. The van der Waals surface area contributed by atoms with Crippen molar-refractivity contribution < 1.29 is 30.8 Å². The Bertz CT molecular complexity index is 1760. The van der Waals surface area contributed by atoms with E-state index in [1.54, 1.807) is 30.3 Å². The van der Waals surface area contributed by atoms with Crippen LogP contribution in [-0.4, -0.2) is 18.6 Å². The van der Waals surface area contributed by atoms with Gasteiger partial charge in [-0.05, 0) is 72.3 Å². The molecule has 1 aromatic heterocycles. The lowest BCUT2D eigenvalue weighted by Crippen LogP contribution is -2.30. The van der Waals surface area contributed by atoms with Crippen LogP contribution in [0.4, 0.5) is 18.9 Å². The highest BCUT2D eigenvalue weighted by Gasteiger charge is 2.30. The monoisotopic (exact) mass is 633 g/mol. The summed E-state index contributed by atoms with van der Waals surface area (Å²) in [6, 6.07) is 20.9. The Morgan fingerprint density at radius 3 is 2.21 bits per heavy atom. The van der Waals surface area contributed by atoms with Crippen molar-refractivity contribution in [1.29, 1.82) is 5.26 Å². The zero-order chi connectivity index (χ0) is 30.5. The molecule has 0 fully saturated rings. The van der Waals surface area contributed by atoms with Gasteiger partial charge in [0.2, 0.25) is 10.0 Å². The van der Waals surface area contributed by atoms with Gasteiger partial charge >= 0.3 is 6.18 Å². The number of amides is 1. The van der Waals surface area contributed by atoms with Crippen molar-refractivity contribution in [3.8, 4) is 6.07 Å². The van der Waals surface area contributed by atoms with Crippen LogP contribution in [0.25, 0.3) is 6.08 Å². The first kappa shape index (κ1) is 30.9. The van der Waals surface area contributed by atoms with Crippen LogP contribution in [-0.2, 0) is 34.1 Å². The molecule has 0 radical (unpaired) electrons. The third-order valence-electron chi connectivity index (χ3n) is 5.84. The molecule has 0 aliphatic heterocycles. The van der Waals surface area contributed by atoms with E-state index in [0.29, 0.717) is 15.6 Å². The number of benzene rings is 3. The fourth-order valence-electron chi connectivity index (χ4n) is 3.77. The van der Waals surface area contributed by atoms with Gasteiger partial charge in [0.05, 0.1) is 17.0 Å². The Hall–Kier alpha value is -4.08. The van der Waals surface area contributed by atoms with Crippen LogP contribution >= 0.6 is 23.2 Å². The lowest BCUT2D eigenvalue weighted by atomic mass is 10.1. The number of furan rings is 1. The molecule has 13 heteroatoms. The van der Waals surface area contributed by atoms with E-state index in [-0.39, 0.29) is 35.2 Å². The van der Waals surface area contributed by atoms with Gasteiger partial charge in [-0.2, -0.15) is 22.7 Å². The first-order valence-corrected chi connectivity index (χ1v) is 14.2. The predicted octanol–water partition coefficient (Wildman–Crippen LogP) is 7.54. The molecule has 0 saturated carbocycles. The second-order valence-electron chi connectivity index (χ2n) is 8.86. The van der Waals surface area contributed by atoms with Gasteiger partial charge in [0.15, 0.2) is 0 Å². The first-order valence-electron chi connectivity index (χ1n) is 12.0. The molecular formula is C29H20Cl2F3N3O4S. The topological polar surface area (TPSA) is 103 Å². The standard InChI is InChI=1S/C29H20Cl2F3N3O4S/c30-22-6-4-19(5-7-22)17-37(42(39,40)27-12-8-23(31)9-13-27)18-26-11-10-25(41-26)14-20(16-35)28(38)36-24-3-1-2-21(15-24)29(32,33)34/h1-15H,17-18H2,(H,36,38). The molecule has 1 amide bonds. The highest BCUT2D eigenvalue weighted by atomic mass is 35.5. The van der Waals surface area contributed by atoms with E-state index in [1.807, 2.05) is 0 Å². The average molecular weight is 634 g/mol. The number of alkyl halides is 3. The molecule has 42 heavy (non-hydrogen) atoms. The number of carbonyl (C=O) groups excluding carboxylic acids is 1. The minimum atomic E-state index is -4.61. The van der Waals surface area contributed by atoms with Gasteiger partial charge in [-0.1, -0.05) is 41.4 Å². The predicted molar refractivity (Wildman–Crippen MR) is 152 cm³/mol. The van der Waals surface area contributed by atoms with Crippen LogP contribution in [0.2, 0.25) is 10.0 Å². The molecule has 1 N–H and O–H groups in total. The summed E-state index contributed by atoms with van der Waals surface area (Å²) in [6.45, 7) is -0.239. The number of nitrogens with one attached hydrogen (secondary N) is 1. The molecule has 4 aromatic rings. The van der Waals surface area contributed by atoms with Gasteiger partial charge in [0, 0.05) is 28.4 Å². The summed E-state index contributed by atoms with van der Waals surface area (Å²) in [5, 5.41) is 12.6. The number of nitriles is 1. The molecule has 0 aliphatic rings. The van der Waals surface area contributed by atoms with Crippen LogP contribution in [0.15, 0.2) is 99.8 Å². The summed E-state index contributed by atoms with van der Waals surface area (Å²) in [5.41, 5.74) is -0.904. The number of sulfonamides is 1. The van der Waals surface area contributed by atoms with Gasteiger partial charge in [0.25, 0.3) is 5.91 Å². The number of anilines is 1. The van der Waals surface area contributed by atoms with E-state index in [1.165, 1.54) is 46.8 Å². The molecular weight excluding hydrogens is 614 g/mol. The third kappa shape index (κ3) is 7.80. The number of hydrogen-bond acceptors (Lipinski definition) is 5. The maximum atomic E-state index is 13.5. The summed E-state index contributed by atoms with van der Waals surface area (Å²) < 4.78 is 72.9. The molecule has 0 aliphatic carbocycles. The van der Waals surface area contributed by atoms with Crippen molar-refractivity contribution in [3.63, 3.8) is 0 Å². The summed E-state index contributed by atoms with van der Waals surface area (Å²) >= 11 is 11.9. The van der Waals surface area contributed by atoms with Gasteiger partial charge in [-0.15, -0.1) is 0 Å². The SMILES string of the molecule is N#CC(=Cc1ccc(CN(Cc2ccc(Cl)cc2)S(=O)(=O)c2ccc(Cl)cc2)o1)C(=O)Nc1cccc(C(F)(F)F)c1. The number of halogens is 5. The fraction of sp³-hybridized carbons (Fsp3) is 0.103. The van der Waals surface area contributed by atoms with Crippen LogP contribution < -0.4 is 5.32 Å². The van der Waals surface area contributed by atoms with E-state index in [9.17, 15) is 31.6 Å². The summed E-state index contributed by atoms with van der Waals surface area (Å²) in [4.78, 5) is 12.6. The largest absolute Gasteiger partial charge is 0.460 e. The lowest BCUT2D eigenvalue weighted by Gasteiger charge is -2.21. The van der Waals surface area contributed by atoms with Crippen LogP contribution in [0.3, 0.4) is 0 Å². The number of rotatable bonds is 9. The quantitative estimate of drug-likeness (QED) is 0.151. The Kier molecular flexibility index (Phi) is 9.43. The van der Waals surface area contributed by atoms with Crippen molar-refractivity contribution in [2.45, 2.75) is 24.2 Å². The van der Waals surface area contributed by atoms with Crippen LogP contribution in [0.1, 0.15) is 22.6 Å². The summed E-state index contributed by atoms with van der Waals surface area (Å²) in [7, 11) is -4.04. The molecule has 1 heterocycles. The second kappa shape index (κ2) is 12.8. The maximum Gasteiger partial charge on any atom is 0.416 e. The van der Waals surface area contributed by atoms with Crippen molar-refractivity contribution >= 4 is 50.9 Å². The van der Waals surface area contributed by atoms with Crippen molar-refractivity contribution in [2.75, 3.05) is 5.32 Å². The molecule has 216 valence electrons. The zero-order valence-corrected chi connectivity index (χ0v) is 23.7. The summed E-state index contributed by atoms with van der Waals surface area (Å²) in [6.07, 6.45) is -3.51. The molecule has 0 spiro atoms. The van der Waals surface area contributed by atoms with Crippen molar-refractivity contribution in [2.24, 2.45) is 0 Å². The van der Waals surface area contributed by atoms with E-state index >= 15 is 0 Å². The Morgan fingerprint density at radius 2 is 1.60 bits per heavy atom. The molecule has 0 atom stereocenters. The molecule has 0 unspecified atom stereocenters. The third-order valence-corrected chi connectivity index (χ3v) is 8.15. The highest BCUT2D eigenvalue weighted by molar-refractivity contribution is 7.89. The van der Waals surface area contributed by atoms with Gasteiger partial charge in [-0.3, -0.25) is 4.79 Å². The lowest BCUT2D eigenvalue weighted by molar-refractivity contribution is -0.137. The van der Waals surface area contributed by atoms with E-state index in [0.717, 1.165) is 24.3 Å². The minimum Gasteiger partial charge on any atom is -0.460 e. The smallest absolute Gasteiger partial charge is 0.416 e. The number of carbonyl (C=O) groups is 1. The van der Waals surface area contributed by atoms with Crippen LogP contribution in [0.5, 0.6) is 0 Å². The summed E-state index contributed by atoms with van der Waals surface area (Å²) in [5.74, 6) is -0.705. The van der Waals surface area contributed by atoms with Gasteiger partial charge in [-0.25, -0.2) is 8.42 Å². The molecule has 0 saturated heterocycles. The average Bonchev–Trinajstić information content (AvgIpc) is 3.39. The minimum absolute atomic E-state index is 0.00516. The molecule has 7 nitrogen and oxygen atoms in total. The molecule has 3 aromatic carbocycles. The Balaban J connectivity index is 1.57. The second-order valence-corrected chi connectivity index (χ2v) is 11.7. The zero-order valence-electron chi connectivity index (χ0n) is 21.4. The first-order chi connectivity index (χ1) is 19.8. The molecule has 4 rings (SSSR count). The van der Waals surface area contributed by atoms with E-state index in [4.69, 9.17) is 27.6 Å². The Morgan fingerprint density at radius 1 is 0.952 bits per heavy atom. The maximum absolute atomic E-state index is 13.5. The molecule has 0 bridgehead atoms. The van der Waals surface area contributed by atoms with Crippen molar-refractivity contribution in [1.82, 2.24) is 4.31 Å². The van der Waals surface area contributed by atoms with Crippen molar-refractivity contribution in [3.05, 3.63) is 123 Å². The Labute approximate surface area is 249 Å². The normalized spacial score (nSPS) is 12.3. The number of nitrogens with zero attached hydrogens (tertiary/aromatic N) is 2. The van der Waals surface area contributed by atoms with Gasteiger partial charge < -0.3 is 9.73 Å². The fourth-order valence-corrected chi connectivity index (χ4v) is 5.41. The van der Waals surface area contributed by atoms with Gasteiger partial charge in [0.1, 0.15) is 23.2 Å².